The molecule has 2 fully saturated rings. The van der Waals surface area contributed by atoms with E-state index in [1.807, 2.05) is 29.9 Å². The van der Waals surface area contributed by atoms with Crippen LogP contribution in [0.5, 0.6) is 0 Å². The summed E-state index contributed by atoms with van der Waals surface area (Å²) in [6, 6.07) is 4.54. The average Bonchev–Trinajstić information content (AvgIpc) is 2.85. The van der Waals surface area contributed by atoms with Crippen molar-refractivity contribution in [1.82, 2.24) is 14.4 Å². The van der Waals surface area contributed by atoms with Gasteiger partial charge in [-0.05, 0) is 31.5 Å². The number of aryl methyl sites for hydroxylation is 1. The van der Waals surface area contributed by atoms with Crippen LogP contribution in [0.2, 0.25) is 0 Å². The molecule has 2 saturated heterocycles. The quantitative estimate of drug-likeness (QED) is 0.770. The Morgan fingerprint density at radius 1 is 1.32 bits per heavy atom. The molecule has 4 heteroatoms. The first-order valence-electron chi connectivity index (χ1n) is 7.35. The number of hydrogen-bond donors (Lipinski definition) is 0. The van der Waals surface area contributed by atoms with E-state index < -0.39 is 0 Å². The highest BCUT2D eigenvalue weighted by atomic mass is 16.1. The second-order valence-corrected chi connectivity index (χ2v) is 5.85. The summed E-state index contributed by atoms with van der Waals surface area (Å²) in [6.45, 7) is 5.06. The van der Waals surface area contributed by atoms with Gasteiger partial charge in [-0.15, -0.1) is 0 Å². The van der Waals surface area contributed by atoms with E-state index in [4.69, 9.17) is 0 Å². The van der Waals surface area contributed by atoms with Crippen LogP contribution in [0.15, 0.2) is 18.3 Å². The topological polar surface area (TPSA) is 28.5 Å². The van der Waals surface area contributed by atoms with Gasteiger partial charge in [0.25, 0.3) is 0 Å². The summed E-state index contributed by atoms with van der Waals surface area (Å²) >= 11 is 0. The molecule has 1 aromatic heterocycles. The number of ketones is 1. The molecule has 0 saturated carbocycles. The standard InChI is InChI=1S/C15H23N3O/c1-16-7-4-6-14(16)15(19)12-17-9-10-18-8-3-2-5-13(18)11-17/h4,6-7,13H,2-3,5,8-12H2,1H3. The molecule has 104 valence electrons. The molecule has 0 bridgehead atoms. The van der Waals surface area contributed by atoms with Crippen molar-refractivity contribution >= 4 is 5.78 Å². The molecule has 0 aliphatic carbocycles. The summed E-state index contributed by atoms with van der Waals surface area (Å²) in [4.78, 5) is 17.2. The lowest BCUT2D eigenvalue weighted by molar-refractivity contribution is 0.0467. The molecule has 1 atom stereocenters. The number of piperidine rings is 1. The molecule has 1 aromatic rings. The van der Waals surface area contributed by atoms with Gasteiger partial charge < -0.3 is 4.57 Å². The largest absolute Gasteiger partial charge is 0.348 e. The average molecular weight is 261 g/mol. The fraction of sp³-hybridized carbons (Fsp3) is 0.667. The fourth-order valence-electron chi connectivity index (χ4n) is 3.40. The van der Waals surface area contributed by atoms with Crippen LogP contribution in [0.1, 0.15) is 29.8 Å². The monoisotopic (exact) mass is 261 g/mol. The molecular formula is C15H23N3O. The van der Waals surface area contributed by atoms with Crippen molar-refractivity contribution in [2.24, 2.45) is 7.05 Å². The zero-order valence-corrected chi connectivity index (χ0v) is 11.7. The smallest absolute Gasteiger partial charge is 0.193 e. The van der Waals surface area contributed by atoms with Crippen molar-refractivity contribution in [2.45, 2.75) is 25.3 Å². The Labute approximate surface area is 115 Å². The highest BCUT2D eigenvalue weighted by Gasteiger charge is 2.29. The van der Waals surface area contributed by atoms with Gasteiger partial charge in [0.1, 0.15) is 0 Å². The number of carbonyl (C=O) groups excluding carboxylic acids is 1. The van der Waals surface area contributed by atoms with E-state index in [1.165, 1.54) is 25.8 Å². The van der Waals surface area contributed by atoms with Crippen molar-refractivity contribution in [2.75, 3.05) is 32.7 Å². The summed E-state index contributed by atoms with van der Waals surface area (Å²) in [5.74, 6) is 0.247. The van der Waals surface area contributed by atoms with Crippen LogP contribution in [-0.4, -0.2) is 58.9 Å². The van der Waals surface area contributed by atoms with Crippen LogP contribution in [-0.2, 0) is 7.05 Å². The molecule has 3 rings (SSSR count). The molecule has 2 aliphatic rings. The van der Waals surface area contributed by atoms with Gasteiger partial charge in [0.05, 0.1) is 12.2 Å². The van der Waals surface area contributed by atoms with Gasteiger partial charge in [0.15, 0.2) is 5.78 Å². The normalized spacial score (nSPS) is 25.2. The number of hydrogen-bond acceptors (Lipinski definition) is 3. The molecule has 0 radical (unpaired) electrons. The van der Waals surface area contributed by atoms with Gasteiger partial charge >= 0.3 is 0 Å². The lowest BCUT2D eigenvalue weighted by atomic mass is 9.99. The minimum Gasteiger partial charge on any atom is -0.348 e. The second kappa shape index (κ2) is 5.47. The van der Waals surface area contributed by atoms with E-state index in [0.29, 0.717) is 12.6 Å². The number of piperazine rings is 1. The van der Waals surface area contributed by atoms with E-state index in [2.05, 4.69) is 9.80 Å². The number of nitrogens with zero attached hydrogens (tertiary/aromatic N) is 3. The predicted molar refractivity (Wildman–Crippen MR) is 75.4 cm³/mol. The number of fused-ring (bicyclic) bond motifs is 1. The molecule has 4 nitrogen and oxygen atoms in total. The third-order valence-corrected chi connectivity index (χ3v) is 4.52. The molecule has 0 aromatic carbocycles. The maximum absolute atomic E-state index is 12.3. The van der Waals surface area contributed by atoms with E-state index in [-0.39, 0.29) is 5.78 Å². The van der Waals surface area contributed by atoms with E-state index >= 15 is 0 Å². The zero-order chi connectivity index (χ0) is 13.2. The van der Waals surface area contributed by atoms with Crippen molar-refractivity contribution in [1.29, 1.82) is 0 Å². The minimum absolute atomic E-state index is 0.247. The van der Waals surface area contributed by atoms with Crippen LogP contribution in [0.4, 0.5) is 0 Å². The minimum atomic E-state index is 0.247. The van der Waals surface area contributed by atoms with E-state index in [0.717, 1.165) is 25.3 Å². The Hall–Kier alpha value is -1.13. The van der Waals surface area contributed by atoms with Gasteiger partial charge in [0.2, 0.25) is 0 Å². The van der Waals surface area contributed by atoms with Crippen LogP contribution >= 0.6 is 0 Å². The highest BCUT2D eigenvalue weighted by Crippen LogP contribution is 2.21. The maximum Gasteiger partial charge on any atom is 0.193 e. The van der Waals surface area contributed by atoms with Crippen LogP contribution in [0, 0.1) is 0 Å². The molecule has 0 amide bonds. The van der Waals surface area contributed by atoms with Crippen molar-refractivity contribution in [3.05, 3.63) is 24.0 Å². The van der Waals surface area contributed by atoms with Crippen molar-refractivity contribution in [3.8, 4) is 0 Å². The van der Waals surface area contributed by atoms with E-state index in [9.17, 15) is 4.79 Å². The summed E-state index contributed by atoms with van der Waals surface area (Å²) in [6.07, 6.45) is 5.93. The van der Waals surface area contributed by atoms with Crippen molar-refractivity contribution < 1.29 is 4.79 Å². The molecule has 0 N–H and O–H groups in total. The molecular weight excluding hydrogens is 238 g/mol. The third kappa shape index (κ3) is 2.74. The van der Waals surface area contributed by atoms with Crippen LogP contribution in [0.3, 0.4) is 0 Å². The Morgan fingerprint density at radius 3 is 3.00 bits per heavy atom. The molecule has 1 unspecified atom stereocenters. The summed E-state index contributed by atoms with van der Waals surface area (Å²) in [5, 5.41) is 0. The highest BCUT2D eigenvalue weighted by molar-refractivity contribution is 5.96. The number of carbonyl (C=O) groups is 1. The second-order valence-electron chi connectivity index (χ2n) is 5.85. The lowest BCUT2D eigenvalue weighted by Crippen LogP contribution is -2.55. The number of Topliss-reactive ketones (excluding diaryl/α,β-unsaturated/α-hetero) is 1. The number of rotatable bonds is 3. The summed E-state index contributed by atoms with van der Waals surface area (Å²) < 4.78 is 1.92. The van der Waals surface area contributed by atoms with Gasteiger partial charge in [-0.2, -0.15) is 0 Å². The Balaban J connectivity index is 1.59. The van der Waals surface area contributed by atoms with Crippen LogP contribution in [0.25, 0.3) is 0 Å². The third-order valence-electron chi connectivity index (χ3n) is 4.52. The first kappa shape index (κ1) is 12.9. The maximum atomic E-state index is 12.3. The fourth-order valence-corrected chi connectivity index (χ4v) is 3.40. The molecule has 2 aliphatic heterocycles. The first-order chi connectivity index (χ1) is 9.24. The Kier molecular flexibility index (Phi) is 3.71. The van der Waals surface area contributed by atoms with Gasteiger partial charge in [-0.1, -0.05) is 6.42 Å². The van der Waals surface area contributed by atoms with Gasteiger partial charge in [-0.25, -0.2) is 0 Å². The molecule has 0 spiro atoms. The summed E-state index contributed by atoms with van der Waals surface area (Å²) in [5.41, 5.74) is 0.825. The first-order valence-corrected chi connectivity index (χ1v) is 7.35. The molecule has 19 heavy (non-hydrogen) atoms. The molecule has 3 heterocycles. The zero-order valence-electron chi connectivity index (χ0n) is 11.7. The van der Waals surface area contributed by atoms with Gasteiger partial charge in [-0.3, -0.25) is 14.6 Å². The predicted octanol–water partition coefficient (Wildman–Crippen LogP) is 1.38. The van der Waals surface area contributed by atoms with E-state index in [1.54, 1.807) is 0 Å². The summed E-state index contributed by atoms with van der Waals surface area (Å²) in [7, 11) is 1.94. The number of aromatic nitrogens is 1. The van der Waals surface area contributed by atoms with Crippen molar-refractivity contribution in [3.63, 3.8) is 0 Å². The lowest BCUT2D eigenvalue weighted by Gasteiger charge is -2.43. The SMILES string of the molecule is Cn1cccc1C(=O)CN1CCN2CCCCC2C1. The van der Waals surface area contributed by atoms with Crippen LogP contribution < -0.4 is 0 Å². The Morgan fingerprint density at radius 2 is 2.21 bits per heavy atom. The van der Waals surface area contributed by atoms with Gasteiger partial charge in [0, 0.05) is 38.9 Å². The Bertz CT molecular complexity index is 454.